The summed E-state index contributed by atoms with van der Waals surface area (Å²) in [5.41, 5.74) is 0. The van der Waals surface area contributed by atoms with Crippen LogP contribution in [0.4, 0.5) is 0 Å². The second-order valence-corrected chi connectivity index (χ2v) is 4.54. The summed E-state index contributed by atoms with van der Waals surface area (Å²) in [6.07, 6.45) is 4.50. The molecule has 0 bridgehead atoms. The number of aliphatic hydroxyl groups excluding tert-OH is 4. The highest BCUT2D eigenvalue weighted by molar-refractivity contribution is 4.72. The molecule has 4 N–H and O–H groups in total. The van der Waals surface area contributed by atoms with Crippen molar-refractivity contribution in [1.29, 1.82) is 0 Å². The second-order valence-electron chi connectivity index (χ2n) is 4.54. The van der Waals surface area contributed by atoms with E-state index in [1.54, 1.807) is 0 Å². The first-order chi connectivity index (χ1) is 7.09. The normalized spacial score (nSPS) is 40.8. The molecule has 0 radical (unpaired) electrons. The van der Waals surface area contributed by atoms with Crippen molar-refractivity contribution in [3.05, 3.63) is 0 Å². The molecule has 90 valence electrons. The van der Waals surface area contributed by atoms with Crippen molar-refractivity contribution in [2.75, 3.05) is 0 Å². The van der Waals surface area contributed by atoms with Gasteiger partial charge < -0.3 is 20.4 Å². The van der Waals surface area contributed by atoms with E-state index in [2.05, 4.69) is 0 Å². The van der Waals surface area contributed by atoms with Gasteiger partial charge in [-0.3, -0.25) is 0 Å². The summed E-state index contributed by atoms with van der Waals surface area (Å²) in [7, 11) is 0. The van der Waals surface area contributed by atoms with Crippen molar-refractivity contribution < 1.29 is 20.4 Å². The molecule has 15 heavy (non-hydrogen) atoms. The molecule has 4 atom stereocenters. The first-order valence-corrected chi connectivity index (χ1v) is 5.82. The van der Waals surface area contributed by atoms with Gasteiger partial charge in [0, 0.05) is 0 Å². The van der Waals surface area contributed by atoms with E-state index < -0.39 is 12.2 Å². The molecule has 2 aliphatic carbocycles. The zero-order valence-corrected chi connectivity index (χ0v) is 9.05. The Morgan fingerprint density at radius 1 is 0.600 bits per heavy atom. The zero-order valence-electron chi connectivity index (χ0n) is 9.05. The van der Waals surface area contributed by atoms with Crippen molar-refractivity contribution in [3.8, 4) is 0 Å². The van der Waals surface area contributed by atoms with Crippen LogP contribution in [0.15, 0.2) is 0 Å². The van der Waals surface area contributed by atoms with Gasteiger partial charge in [0.15, 0.2) is 0 Å². The fourth-order valence-electron chi connectivity index (χ4n) is 2.03. The minimum absolute atomic E-state index is 0.227. The van der Waals surface area contributed by atoms with Gasteiger partial charge in [0.1, 0.15) is 0 Å². The third kappa shape index (κ3) is 4.93. The molecule has 4 heteroatoms. The summed E-state index contributed by atoms with van der Waals surface area (Å²) in [4.78, 5) is 0. The molecule has 2 aliphatic rings. The highest BCUT2D eigenvalue weighted by atomic mass is 16.3. The minimum atomic E-state index is -0.441. The van der Waals surface area contributed by atoms with E-state index in [4.69, 9.17) is 20.4 Å². The first-order valence-electron chi connectivity index (χ1n) is 5.82. The van der Waals surface area contributed by atoms with Crippen LogP contribution in [0.25, 0.3) is 0 Å². The Balaban J connectivity index is 0.000000151. The van der Waals surface area contributed by atoms with E-state index in [0.717, 1.165) is 38.5 Å². The van der Waals surface area contributed by atoms with Crippen LogP contribution in [0, 0.1) is 0 Å². The average molecular weight is 218 g/mol. The van der Waals surface area contributed by atoms with Crippen LogP contribution in [0.1, 0.15) is 44.9 Å². The lowest BCUT2D eigenvalue weighted by atomic mass is 9.95. The summed E-state index contributed by atoms with van der Waals surface area (Å²) in [5.74, 6) is 0. The number of hydrogen-bond acceptors (Lipinski definition) is 4. The molecule has 0 heterocycles. The molecule has 0 aromatic heterocycles. The summed E-state index contributed by atoms with van der Waals surface area (Å²) >= 11 is 0. The fourth-order valence-corrected chi connectivity index (χ4v) is 2.03. The van der Waals surface area contributed by atoms with Crippen LogP contribution in [0.5, 0.6) is 0 Å². The Labute approximate surface area is 90.6 Å². The van der Waals surface area contributed by atoms with Gasteiger partial charge in [0.05, 0.1) is 24.4 Å². The summed E-state index contributed by atoms with van der Waals surface area (Å²) in [6, 6.07) is 0. The minimum Gasteiger partial charge on any atom is -0.393 e. The van der Waals surface area contributed by atoms with Gasteiger partial charge in [-0.1, -0.05) is 12.8 Å². The predicted octanol–water partition coefficient (Wildman–Crippen LogP) is 0.174. The lowest BCUT2D eigenvalue weighted by Gasteiger charge is -2.22. The van der Waals surface area contributed by atoms with E-state index in [9.17, 15) is 0 Å². The molecule has 0 aromatic carbocycles. The average Bonchev–Trinajstić information content (AvgIpc) is 2.56. The predicted molar refractivity (Wildman–Crippen MR) is 56.3 cm³/mol. The van der Waals surface area contributed by atoms with Crippen LogP contribution in [0.2, 0.25) is 0 Å². The van der Waals surface area contributed by atoms with E-state index in [-0.39, 0.29) is 12.2 Å². The topological polar surface area (TPSA) is 80.9 Å². The van der Waals surface area contributed by atoms with Crippen molar-refractivity contribution in [2.45, 2.75) is 69.4 Å². The van der Waals surface area contributed by atoms with E-state index >= 15 is 0 Å². The standard InChI is InChI=1S/C6H12O2.C5H10O2/c7-5-3-1-2-4-6(5)8;6-4-1-2-5(7)3-4/h5-8H,1-4H2;4-7H,1-3H2. The molecule has 0 amide bonds. The second kappa shape index (κ2) is 6.43. The Morgan fingerprint density at radius 2 is 1.00 bits per heavy atom. The lowest BCUT2D eigenvalue weighted by Crippen LogP contribution is -2.28. The molecular formula is C11H22O4. The number of aliphatic hydroxyl groups is 4. The molecule has 0 saturated heterocycles. The van der Waals surface area contributed by atoms with Crippen molar-refractivity contribution in [2.24, 2.45) is 0 Å². The molecule has 0 spiro atoms. The van der Waals surface area contributed by atoms with Crippen molar-refractivity contribution in [1.82, 2.24) is 0 Å². The summed E-state index contributed by atoms with van der Waals surface area (Å²) in [6.45, 7) is 0. The number of rotatable bonds is 0. The van der Waals surface area contributed by atoms with Crippen LogP contribution in [-0.2, 0) is 0 Å². The van der Waals surface area contributed by atoms with Crippen molar-refractivity contribution >= 4 is 0 Å². The molecular weight excluding hydrogens is 196 g/mol. The monoisotopic (exact) mass is 218 g/mol. The highest BCUT2D eigenvalue weighted by Crippen LogP contribution is 2.18. The SMILES string of the molecule is OC1CCC(O)C1.OC1CCCCC1O. The third-order valence-corrected chi connectivity index (χ3v) is 3.07. The van der Waals surface area contributed by atoms with Gasteiger partial charge in [-0.25, -0.2) is 0 Å². The maximum atomic E-state index is 8.93. The molecule has 2 fully saturated rings. The lowest BCUT2D eigenvalue weighted by molar-refractivity contribution is -0.00865. The summed E-state index contributed by atoms with van der Waals surface area (Å²) in [5, 5.41) is 35.3. The van der Waals surface area contributed by atoms with Gasteiger partial charge in [0.2, 0.25) is 0 Å². The largest absolute Gasteiger partial charge is 0.393 e. The molecule has 4 nitrogen and oxygen atoms in total. The van der Waals surface area contributed by atoms with Gasteiger partial charge in [0.25, 0.3) is 0 Å². The van der Waals surface area contributed by atoms with Gasteiger partial charge >= 0.3 is 0 Å². The van der Waals surface area contributed by atoms with Crippen LogP contribution >= 0.6 is 0 Å². The van der Waals surface area contributed by atoms with Gasteiger partial charge in [-0.2, -0.15) is 0 Å². The van der Waals surface area contributed by atoms with E-state index in [1.165, 1.54) is 0 Å². The zero-order chi connectivity index (χ0) is 11.3. The Hall–Kier alpha value is -0.160. The Morgan fingerprint density at radius 3 is 1.20 bits per heavy atom. The molecule has 0 aliphatic heterocycles. The van der Waals surface area contributed by atoms with Crippen molar-refractivity contribution in [3.63, 3.8) is 0 Å². The maximum absolute atomic E-state index is 8.93. The number of hydrogen-bond donors (Lipinski definition) is 4. The molecule has 0 aromatic rings. The smallest absolute Gasteiger partial charge is 0.0799 e. The van der Waals surface area contributed by atoms with E-state index in [1.807, 2.05) is 0 Å². The fraction of sp³-hybridized carbons (Fsp3) is 1.00. The Kier molecular flexibility index (Phi) is 5.53. The first kappa shape index (κ1) is 12.9. The molecule has 2 saturated carbocycles. The highest BCUT2D eigenvalue weighted by Gasteiger charge is 2.19. The summed E-state index contributed by atoms with van der Waals surface area (Å²) < 4.78 is 0. The van der Waals surface area contributed by atoms with E-state index in [0.29, 0.717) is 6.42 Å². The quantitative estimate of drug-likeness (QED) is 0.467. The maximum Gasteiger partial charge on any atom is 0.0799 e. The van der Waals surface area contributed by atoms with Gasteiger partial charge in [-0.15, -0.1) is 0 Å². The Bertz CT molecular complexity index is 156. The van der Waals surface area contributed by atoms with Crippen LogP contribution < -0.4 is 0 Å². The molecule has 4 unspecified atom stereocenters. The third-order valence-electron chi connectivity index (χ3n) is 3.07. The van der Waals surface area contributed by atoms with Crippen LogP contribution in [0.3, 0.4) is 0 Å². The van der Waals surface area contributed by atoms with Crippen LogP contribution in [-0.4, -0.2) is 44.8 Å². The molecule has 2 rings (SSSR count). The van der Waals surface area contributed by atoms with Gasteiger partial charge in [-0.05, 0) is 32.1 Å².